The molecule has 0 aromatic carbocycles. The van der Waals surface area contributed by atoms with Crippen LogP contribution in [0.4, 0.5) is 13.2 Å². The zero-order valence-corrected chi connectivity index (χ0v) is 5.34. The van der Waals surface area contributed by atoms with Gasteiger partial charge >= 0.3 is 11.7 Å². The van der Waals surface area contributed by atoms with Crippen LogP contribution in [-0.4, -0.2) is 18.3 Å². The molecule has 1 nitrogen and oxygen atoms in total. The quantitative estimate of drug-likeness (QED) is 0.567. The summed E-state index contributed by atoms with van der Waals surface area (Å²) in [6.07, 6.45) is -5.44. The summed E-state index contributed by atoms with van der Waals surface area (Å²) < 4.78 is 43.9. The lowest BCUT2D eigenvalue weighted by Crippen LogP contribution is -2.12. The molecule has 0 fully saturated rings. The first kappa shape index (κ1) is 8.81. The highest BCUT2D eigenvalue weighted by Crippen LogP contribution is 2.08. The second-order valence-electron chi connectivity index (χ2n) is 1.46. The van der Waals surface area contributed by atoms with Crippen molar-refractivity contribution in [1.82, 2.24) is 0 Å². The summed E-state index contributed by atoms with van der Waals surface area (Å²) in [7, 11) is 0. The SMILES string of the molecule is O=[S+]CCC(F)C(F)F. The van der Waals surface area contributed by atoms with Gasteiger partial charge in [0.05, 0.1) is 0 Å². The van der Waals surface area contributed by atoms with E-state index in [9.17, 15) is 17.4 Å². The van der Waals surface area contributed by atoms with Crippen molar-refractivity contribution in [3.05, 3.63) is 0 Å². The molecule has 54 valence electrons. The van der Waals surface area contributed by atoms with Crippen LogP contribution in [0.3, 0.4) is 0 Å². The first-order valence-electron chi connectivity index (χ1n) is 2.35. The molecule has 5 heteroatoms. The van der Waals surface area contributed by atoms with Crippen molar-refractivity contribution in [1.29, 1.82) is 0 Å². The van der Waals surface area contributed by atoms with Gasteiger partial charge < -0.3 is 0 Å². The van der Waals surface area contributed by atoms with E-state index >= 15 is 0 Å². The average molecular weight is 159 g/mol. The van der Waals surface area contributed by atoms with E-state index in [2.05, 4.69) is 0 Å². The molecule has 0 saturated carbocycles. The van der Waals surface area contributed by atoms with Crippen molar-refractivity contribution in [3.8, 4) is 0 Å². The Morgan fingerprint density at radius 1 is 1.33 bits per heavy atom. The molecule has 0 aromatic heterocycles. The fourth-order valence-corrected chi connectivity index (χ4v) is 0.608. The summed E-state index contributed by atoms with van der Waals surface area (Å²) in [6.45, 7) is 0. The third kappa shape index (κ3) is 4.32. The zero-order chi connectivity index (χ0) is 7.28. The molecule has 0 rings (SSSR count). The Bertz CT molecular complexity index is 87.9. The molecule has 0 amide bonds. The maximum absolute atomic E-state index is 11.8. The topological polar surface area (TPSA) is 17.1 Å². The molecule has 1 unspecified atom stereocenters. The van der Waals surface area contributed by atoms with Gasteiger partial charge in [0.1, 0.15) is 0 Å². The second kappa shape index (κ2) is 4.67. The first-order valence-corrected chi connectivity index (χ1v) is 3.26. The number of hydrogen-bond donors (Lipinski definition) is 0. The molecule has 0 aliphatic rings. The van der Waals surface area contributed by atoms with Crippen molar-refractivity contribution in [2.24, 2.45) is 0 Å². The fourth-order valence-electron chi connectivity index (χ4n) is 0.287. The number of rotatable bonds is 4. The van der Waals surface area contributed by atoms with Gasteiger partial charge in [-0.05, 0) is 0 Å². The maximum atomic E-state index is 11.8. The second-order valence-corrected chi connectivity index (χ2v) is 2.11. The number of alkyl halides is 3. The van der Waals surface area contributed by atoms with Crippen molar-refractivity contribution in [2.75, 3.05) is 5.75 Å². The summed E-state index contributed by atoms with van der Waals surface area (Å²) in [5.74, 6) is -0.0918. The summed E-state index contributed by atoms with van der Waals surface area (Å²) in [5, 5.41) is 0. The van der Waals surface area contributed by atoms with E-state index in [0.717, 1.165) is 0 Å². The molecule has 0 heterocycles. The van der Waals surface area contributed by atoms with Gasteiger partial charge in [-0.1, -0.05) is 0 Å². The molecule has 0 spiro atoms. The third-order valence-corrected chi connectivity index (χ3v) is 1.15. The Labute approximate surface area is 54.7 Å². The summed E-state index contributed by atoms with van der Waals surface area (Å²) in [6, 6.07) is 0. The predicted octanol–water partition coefficient (Wildman–Crippen LogP) is 1.41. The number of hydrogen-bond acceptors (Lipinski definition) is 1. The number of halogens is 3. The van der Waals surface area contributed by atoms with E-state index in [1.54, 1.807) is 0 Å². The molecule has 0 aromatic rings. The highest BCUT2D eigenvalue weighted by atomic mass is 32.1. The van der Waals surface area contributed by atoms with Crippen LogP contribution >= 0.6 is 0 Å². The van der Waals surface area contributed by atoms with Gasteiger partial charge in [-0.25, -0.2) is 13.2 Å². The van der Waals surface area contributed by atoms with Gasteiger partial charge in [0.15, 0.2) is 6.17 Å². The Morgan fingerprint density at radius 3 is 2.22 bits per heavy atom. The minimum atomic E-state index is -2.95. The van der Waals surface area contributed by atoms with Crippen LogP contribution in [0, 0.1) is 0 Å². The van der Waals surface area contributed by atoms with Crippen molar-refractivity contribution >= 4 is 11.7 Å². The standard InChI is InChI=1S/C4H6F3OS/c5-3(4(6)7)1-2-9-8/h3-4H,1-2H2/q+1. The van der Waals surface area contributed by atoms with Crippen LogP contribution in [0.2, 0.25) is 0 Å². The van der Waals surface area contributed by atoms with Crippen LogP contribution in [-0.2, 0) is 15.9 Å². The Hall–Kier alpha value is -0.190. The van der Waals surface area contributed by atoms with E-state index < -0.39 is 12.6 Å². The van der Waals surface area contributed by atoms with Crippen LogP contribution < -0.4 is 0 Å². The lowest BCUT2D eigenvalue weighted by atomic mass is 10.3. The lowest BCUT2D eigenvalue weighted by Gasteiger charge is -1.98. The maximum Gasteiger partial charge on any atom is 0.458 e. The van der Waals surface area contributed by atoms with Crippen molar-refractivity contribution in [3.63, 3.8) is 0 Å². The van der Waals surface area contributed by atoms with E-state index in [1.165, 1.54) is 0 Å². The van der Waals surface area contributed by atoms with E-state index in [0.29, 0.717) is 0 Å². The van der Waals surface area contributed by atoms with Gasteiger partial charge in [0.25, 0.3) is 6.43 Å². The normalized spacial score (nSPS) is 13.8. The first-order chi connectivity index (χ1) is 4.18. The Kier molecular flexibility index (Phi) is 4.57. The molecule has 0 saturated heterocycles. The van der Waals surface area contributed by atoms with E-state index in [1.807, 2.05) is 0 Å². The third-order valence-electron chi connectivity index (χ3n) is 0.750. The Morgan fingerprint density at radius 2 is 1.89 bits per heavy atom. The Balaban J connectivity index is 3.26. The van der Waals surface area contributed by atoms with Crippen molar-refractivity contribution in [2.45, 2.75) is 19.0 Å². The van der Waals surface area contributed by atoms with E-state index in [-0.39, 0.29) is 23.8 Å². The highest BCUT2D eigenvalue weighted by Gasteiger charge is 2.20. The molecular formula is C4H6F3OS+. The van der Waals surface area contributed by atoms with Crippen LogP contribution in [0.1, 0.15) is 6.42 Å². The smallest absolute Gasteiger partial charge is 0.241 e. The molecule has 0 aliphatic carbocycles. The predicted molar refractivity (Wildman–Crippen MR) is 28.4 cm³/mol. The van der Waals surface area contributed by atoms with Crippen molar-refractivity contribution < 1.29 is 17.4 Å². The average Bonchev–Trinajstić information content (AvgIpc) is 1.82. The zero-order valence-electron chi connectivity index (χ0n) is 4.52. The summed E-state index contributed by atoms with van der Waals surface area (Å²) in [5.41, 5.74) is 0. The minimum absolute atomic E-state index is 0.0918. The summed E-state index contributed by atoms with van der Waals surface area (Å²) >= 11 is 0.124. The van der Waals surface area contributed by atoms with E-state index in [4.69, 9.17) is 0 Å². The molecule has 0 bridgehead atoms. The van der Waals surface area contributed by atoms with Crippen LogP contribution in [0.15, 0.2) is 0 Å². The van der Waals surface area contributed by atoms with Crippen LogP contribution in [0.5, 0.6) is 0 Å². The fraction of sp³-hybridized carbons (Fsp3) is 1.00. The summed E-state index contributed by atoms with van der Waals surface area (Å²) in [4.78, 5) is 0. The lowest BCUT2D eigenvalue weighted by molar-refractivity contribution is 0.0487. The van der Waals surface area contributed by atoms with Gasteiger partial charge in [-0.2, -0.15) is 0 Å². The van der Waals surface area contributed by atoms with Gasteiger partial charge in [0, 0.05) is 10.6 Å². The molecule has 0 radical (unpaired) electrons. The minimum Gasteiger partial charge on any atom is -0.241 e. The van der Waals surface area contributed by atoms with Gasteiger partial charge in [-0.3, -0.25) is 0 Å². The van der Waals surface area contributed by atoms with Gasteiger partial charge in [0.2, 0.25) is 5.75 Å². The highest BCUT2D eigenvalue weighted by molar-refractivity contribution is 7.65. The largest absolute Gasteiger partial charge is 0.458 e. The molecule has 1 atom stereocenters. The monoisotopic (exact) mass is 159 g/mol. The molecule has 0 N–H and O–H groups in total. The van der Waals surface area contributed by atoms with Gasteiger partial charge in [-0.15, -0.1) is 0 Å². The molecular weight excluding hydrogens is 153 g/mol. The molecule has 0 aliphatic heterocycles. The molecule has 9 heavy (non-hydrogen) atoms. The van der Waals surface area contributed by atoms with Crippen LogP contribution in [0.25, 0.3) is 0 Å².